The minimum absolute atomic E-state index is 0.164. The van der Waals surface area contributed by atoms with Crippen LogP contribution < -0.4 is 0 Å². The average Bonchev–Trinajstić information content (AvgIpc) is 2.07. The van der Waals surface area contributed by atoms with Gasteiger partial charge < -0.3 is 4.74 Å². The molecule has 74 valence electrons. The number of rotatable bonds is 2. The van der Waals surface area contributed by atoms with E-state index in [1.807, 2.05) is 20.8 Å². The average molecular weight is 182 g/mol. The molecule has 0 aromatic carbocycles. The summed E-state index contributed by atoms with van der Waals surface area (Å²) in [5, 5.41) is 0. The third-order valence-electron chi connectivity index (χ3n) is 2.33. The zero-order valence-electron chi connectivity index (χ0n) is 8.67. The number of ether oxygens (including phenoxy) is 1. The highest BCUT2D eigenvalue weighted by Crippen LogP contribution is 2.24. The number of hydrogen-bond donors (Lipinski definition) is 0. The Morgan fingerprint density at radius 3 is 2.85 bits per heavy atom. The number of Topliss-reactive ketones (excluding diaryl/α,β-unsaturated/α-hetero) is 1. The van der Waals surface area contributed by atoms with Gasteiger partial charge in [-0.3, -0.25) is 4.79 Å². The lowest BCUT2D eigenvalue weighted by Crippen LogP contribution is -2.19. The van der Waals surface area contributed by atoms with E-state index in [0.29, 0.717) is 0 Å². The first-order valence-corrected chi connectivity index (χ1v) is 5.00. The molecule has 0 aromatic rings. The third kappa shape index (κ3) is 2.87. The van der Waals surface area contributed by atoms with Crippen LogP contribution in [0, 0.1) is 5.92 Å². The first-order valence-electron chi connectivity index (χ1n) is 5.00. The molecule has 1 rings (SSSR count). The van der Waals surface area contributed by atoms with Crippen LogP contribution in [-0.2, 0) is 9.53 Å². The van der Waals surface area contributed by atoms with E-state index in [4.69, 9.17) is 4.74 Å². The molecule has 1 aliphatic carbocycles. The van der Waals surface area contributed by atoms with E-state index in [-0.39, 0.29) is 17.8 Å². The van der Waals surface area contributed by atoms with Gasteiger partial charge in [-0.2, -0.15) is 0 Å². The van der Waals surface area contributed by atoms with Gasteiger partial charge in [-0.15, -0.1) is 0 Å². The molecule has 1 fully saturated rings. The summed E-state index contributed by atoms with van der Waals surface area (Å²) >= 11 is 0. The fourth-order valence-electron chi connectivity index (χ4n) is 1.50. The molecule has 0 radical (unpaired) electrons. The molecule has 1 atom stereocenters. The molecule has 0 unspecified atom stereocenters. The van der Waals surface area contributed by atoms with Gasteiger partial charge in [-0.25, -0.2) is 0 Å². The largest absolute Gasteiger partial charge is 0.498 e. The molecule has 1 saturated carbocycles. The lowest BCUT2D eigenvalue weighted by Gasteiger charge is -2.19. The minimum atomic E-state index is 0.164. The number of carbonyl (C=O) groups excluding carboxylic acids is 1. The Morgan fingerprint density at radius 2 is 2.23 bits per heavy atom. The van der Waals surface area contributed by atoms with Gasteiger partial charge in [0.15, 0.2) is 5.78 Å². The van der Waals surface area contributed by atoms with Crippen molar-refractivity contribution in [2.24, 2.45) is 5.92 Å². The highest BCUT2D eigenvalue weighted by molar-refractivity contribution is 5.97. The quantitative estimate of drug-likeness (QED) is 0.485. The normalized spacial score (nSPS) is 26.9. The highest BCUT2D eigenvalue weighted by atomic mass is 16.5. The van der Waals surface area contributed by atoms with Gasteiger partial charge in [-0.1, -0.05) is 6.92 Å². The van der Waals surface area contributed by atoms with E-state index in [0.717, 1.165) is 24.8 Å². The molecule has 0 bridgehead atoms. The predicted molar refractivity (Wildman–Crippen MR) is 52.3 cm³/mol. The van der Waals surface area contributed by atoms with Crippen molar-refractivity contribution >= 4 is 5.78 Å². The van der Waals surface area contributed by atoms with Gasteiger partial charge in [0.05, 0.1) is 12.4 Å². The van der Waals surface area contributed by atoms with E-state index < -0.39 is 0 Å². The van der Waals surface area contributed by atoms with Crippen LogP contribution in [0.4, 0.5) is 0 Å². The number of carbonyl (C=O) groups is 1. The number of ketones is 1. The second-order valence-electron chi connectivity index (χ2n) is 3.99. The van der Waals surface area contributed by atoms with Crippen molar-refractivity contribution in [3.63, 3.8) is 0 Å². The van der Waals surface area contributed by atoms with Crippen molar-refractivity contribution in [2.45, 2.75) is 46.1 Å². The molecule has 0 N–H and O–H groups in total. The van der Waals surface area contributed by atoms with Crippen LogP contribution in [0.25, 0.3) is 0 Å². The molecular formula is C11H18O2. The standard InChI is InChI=1S/C11H18O2/c1-8(2)13-7-10-6-4-5-9(3)11(10)12/h7-9H,4-6H2,1-3H3/b10-7+/t9-/m0/s1. The van der Waals surface area contributed by atoms with Gasteiger partial charge in [0.25, 0.3) is 0 Å². The monoisotopic (exact) mass is 182 g/mol. The van der Waals surface area contributed by atoms with Crippen LogP contribution >= 0.6 is 0 Å². The fourth-order valence-corrected chi connectivity index (χ4v) is 1.50. The van der Waals surface area contributed by atoms with E-state index >= 15 is 0 Å². The summed E-state index contributed by atoms with van der Waals surface area (Å²) in [4.78, 5) is 11.6. The summed E-state index contributed by atoms with van der Waals surface area (Å²) in [7, 11) is 0. The van der Waals surface area contributed by atoms with Crippen molar-refractivity contribution in [3.8, 4) is 0 Å². The van der Waals surface area contributed by atoms with E-state index in [9.17, 15) is 4.79 Å². The van der Waals surface area contributed by atoms with Crippen LogP contribution in [0.1, 0.15) is 40.0 Å². The van der Waals surface area contributed by atoms with Crippen molar-refractivity contribution in [2.75, 3.05) is 0 Å². The number of allylic oxidation sites excluding steroid dienone is 1. The van der Waals surface area contributed by atoms with Crippen molar-refractivity contribution in [1.29, 1.82) is 0 Å². The molecular weight excluding hydrogens is 164 g/mol. The van der Waals surface area contributed by atoms with Gasteiger partial charge in [0.1, 0.15) is 0 Å². The zero-order chi connectivity index (χ0) is 9.84. The Labute approximate surface area is 80.0 Å². The summed E-state index contributed by atoms with van der Waals surface area (Å²) in [6.07, 6.45) is 4.84. The molecule has 2 heteroatoms. The van der Waals surface area contributed by atoms with Crippen LogP contribution in [0.15, 0.2) is 11.8 Å². The molecule has 0 spiro atoms. The summed E-state index contributed by atoms with van der Waals surface area (Å²) in [5.41, 5.74) is 0.868. The maximum Gasteiger partial charge on any atom is 0.164 e. The first-order chi connectivity index (χ1) is 6.11. The van der Waals surface area contributed by atoms with Crippen molar-refractivity contribution in [3.05, 3.63) is 11.8 Å². The molecule has 0 aliphatic heterocycles. The number of hydrogen-bond acceptors (Lipinski definition) is 2. The van der Waals surface area contributed by atoms with Crippen LogP contribution in [-0.4, -0.2) is 11.9 Å². The maximum absolute atomic E-state index is 11.6. The molecule has 0 aromatic heterocycles. The van der Waals surface area contributed by atoms with Crippen LogP contribution in [0.5, 0.6) is 0 Å². The topological polar surface area (TPSA) is 26.3 Å². The molecule has 0 amide bonds. The summed E-state index contributed by atoms with van der Waals surface area (Å²) in [5.74, 6) is 0.461. The Morgan fingerprint density at radius 1 is 1.54 bits per heavy atom. The Balaban J connectivity index is 2.57. The molecule has 0 saturated heterocycles. The smallest absolute Gasteiger partial charge is 0.164 e. The maximum atomic E-state index is 11.6. The Kier molecular flexibility index (Phi) is 3.52. The molecule has 13 heavy (non-hydrogen) atoms. The molecule has 1 aliphatic rings. The zero-order valence-corrected chi connectivity index (χ0v) is 8.67. The van der Waals surface area contributed by atoms with Crippen LogP contribution in [0.2, 0.25) is 0 Å². The van der Waals surface area contributed by atoms with E-state index in [1.54, 1.807) is 6.26 Å². The third-order valence-corrected chi connectivity index (χ3v) is 2.33. The Hall–Kier alpha value is -0.790. The van der Waals surface area contributed by atoms with Gasteiger partial charge >= 0.3 is 0 Å². The van der Waals surface area contributed by atoms with Crippen LogP contribution in [0.3, 0.4) is 0 Å². The van der Waals surface area contributed by atoms with Gasteiger partial charge in [0.2, 0.25) is 0 Å². The van der Waals surface area contributed by atoms with E-state index in [2.05, 4.69) is 0 Å². The summed E-state index contributed by atoms with van der Waals surface area (Å²) in [6.45, 7) is 5.92. The van der Waals surface area contributed by atoms with E-state index in [1.165, 1.54) is 0 Å². The predicted octanol–water partition coefficient (Wildman–Crippen LogP) is 2.68. The lowest BCUT2D eigenvalue weighted by molar-refractivity contribution is -0.120. The van der Waals surface area contributed by atoms with Crippen molar-refractivity contribution in [1.82, 2.24) is 0 Å². The van der Waals surface area contributed by atoms with Gasteiger partial charge in [-0.05, 0) is 33.1 Å². The fraction of sp³-hybridized carbons (Fsp3) is 0.727. The highest BCUT2D eigenvalue weighted by Gasteiger charge is 2.22. The summed E-state index contributed by atoms with van der Waals surface area (Å²) in [6, 6.07) is 0. The van der Waals surface area contributed by atoms with Crippen molar-refractivity contribution < 1.29 is 9.53 Å². The first kappa shape index (κ1) is 10.3. The SMILES string of the molecule is CC(C)O/C=C1\CCC[C@H](C)C1=O. The van der Waals surface area contributed by atoms with Gasteiger partial charge in [0, 0.05) is 11.5 Å². The second kappa shape index (κ2) is 4.45. The Bertz CT molecular complexity index is 216. The minimum Gasteiger partial charge on any atom is -0.498 e. The molecule has 2 nitrogen and oxygen atoms in total. The lowest BCUT2D eigenvalue weighted by atomic mass is 9.86. The second-order valence-corrected chi connectivity index (χ2v) is 3.99. The summed E-state index contributed by atoms with van der Waals surface area (Å²) < 4.78 is 5.32. The molecule has 0 heterocycles.